The molecule has 0 saturated carbocycles. The summed E-state index contributed by atoms with van der Waals surface area (Å²) in [5.41, 5.74) is 0. The molecule has 0 unspecified atom stereocenters. The molecule has 0 rings (SSSR count). The first-order chi connectivity index (χ1) is 10.2. The van der Waals surface area contributed by atoms with Crippen molar-refractivity contribution in [3.63, 3.8) is 0 Å². The zero-order valence-electron chi connectivity index (χ0n) is 14.6. The standard InChI is InChI=1S/C16H36O4Si/c1-5-9-15-21(16-10-6-2,19-13-11-17-7-3)20-14-12-18-8-4/h5-16H2,1-4H3. The van der Waals surface area contributed by atoms with E-state index in [0.717, 1.165) is 25.3 Å². The summed E-state index contributed by atoms with van der Waals surface area (Å²) in [6, 6.07) is 2.17. The van der Waals surface area contributed by atoms with Crippen molar-refractivity contribution in [2.45, 2.75) is 65.5 Å². The highest BCUT2D eigenvalue weighted by atomic mass is 28.4. The summed E-state index contributed by atoms with van der Waals surface area (Å²) in [7, 11) is -2.10. The molecule has 0 aromatic heterocycles. The van der Waals surface area contributed by atoms with Crippen LogP contribution in [0.1, 0.15) is 53.4 Å². The SMILES string of the molecule is CCCC[Si](CCCC)(OCCOCC)OCCOCC. The van der Waals surface area contributed by atoms with Gasteiger partial charge in [-0.1, -0.05) is 39.5 Å². The Labute approximate surface area is 132 Å². The van der Waals surface area contributed by atoms with Crippen LogP contribution in [0.2, 0.25) is 12.1 Å². The summed E-state index contributed by atoms with van der Waals surface area (Å²) in [4.78, 5) is 0. The molecule has 5 heteroatoms. The summed E-state index contributed by atoms with van der Waals surface area (Å²) in [5.74, 6) is 0. The minimum absolute atomic E-state index is 0.655. The predicted octanol–water partition coefficient (Wildman–Crippen LogP) is 4.14. The fourth-order valence-electron chi connectivity index (χ4n) is 2.21. The number of hydrogen-bond acceptors (Lipinski definition) is 4. The van der Waals surface area contributed by atoms with Crippen LogP contribution < -0.4 is 0 Å². The van der Waals surface area contributed by atoms with Gasteiger partial charge in [0.1, 0.15) is 0 Å². The van der Waals surface area contributed by atoms with E-state index in [2.05, 4.69) is 13.8 Å². The highest BCUT2D eigenvalue weighted by molar-refractivity contribution is 6.67. The molecule has 0 N–H and O–H groups in total. The average Bonchev–Trinajstić information content (AvgIpc) is 2.51. The topological polar surface area (TPSA) is 36.9 Å². The number of rotatable bonds is 16. The van der Waals surface area contributed by atoms with Crippen molar-refractivity contribution >= 4 is 8.56 Å². The van der Waals surface area contributed by atoms with Crippen LogP contribution in [0.3, 0.4) is 0 Å². The monoisotopic (exact) mass is 320 g/mol. The van der Waals surface area contributed by atoms with Crippen molar-refractivity contribution < 1.29 is 18.3 Å². The van der Waals surface area contributed by atoms with Crippen LogP contribution in [0.4, 0.5) is 0 Å². The van der Waals surface area contributed by atoms with Crippen LogP contribution in [0.5, 0.6) is 0 Å². The first-order valence-electron chi connectivity index (χ1n) is 8.68. The Morgan fingerprint density at radius 2 is 1.05 bits per heavy atom. The zero-order valence-corrected chi connectivity index (χ0v) is 15.6. The molecular weight excluding hydrogens is 284 g/mol. The summed E-state index contributed by atoms with van der Waals surface area (Å²) in [6.45, 7) is 12.6. The highest BCUT2D eigenvalue weighted by Gasteiger charge is 2.36. The van der Waals surface area contributed by atoms with Gasteiger partial charge in [0.25, 0.3) is 0 Å². The van der Waals surface area contributed by atoms with Crippen LogP contribution in [-0.2, 0) is 18.3 Å². The van der Waals surface area contributed by atoms with E-state index in [9.17, 15) is 0 Å². The van der Waals surface area contributed by atoms with Crippen LogP contribution in [-0.4, -0.2) is 48.2 Å². The molecule has 0 aliphatic rings. The molecule has 0 radical (unpaired) electrons. The molecular formula is C16H36O4Si. The van der Waals surface area contributed by atoms with E-state index in [1.165, 1.54) is 25.7 Å². The van der Waals surface area contributed by atoms with Crippen LogP contribution in [0.15, 0.2) is 0 Å². The molecule has 0 saturated heterocycles. The van der Waals surface area contributed by atoms with Gasteiger partial charge in [-0.25, -0.2) is 0 Å². The average molecular weight is 321 g/mol. The van der Waals surface area contributed by atoms with E-state index in [-0.39, 0.29) is 0 Å². The Hall–Kier alpha value is 0.0569. The maximum atomic E-state index is 6.25. The molecule has 0 aliphatic heterocycles. The Bertz CT molecular complexity index is 192. The molecule has 0 heterocycles. The predicted molar refractivity (Wildman–Crippen MR) is 90.1 cm³/mol. The maximum absolute atomic E-state index is 6.25. The summed E-state index contributed by atoms with van der Waals surface area (Å²) >= 11 is 0. The fourth-order valence-corrected chi connectivity index (χ4v) is 5.82. The maximum Gasteiger partial charge on any atom is 0.338 e. The Kier molecular flexibility index (Phi) is 15.0. The van der Waals surface area contributed by atoms with Gasteiger partial charge in [-0.05, 0) is 25.9 Å². The van der Waals surface area contributed by atoms with Crippen molar-refractivity contribution in [2.75, 3.05) is 39.6 Å². The molecule has 0 aromatic rings. The van der Waals surface area contributed by atoms with E-state index in [1.54, 1.807) is 0 Å². The van der Waals surface area contributed by atoms with Crippen molar-refractivity contribution in [3.8, 4) is 0 Å². The number of hydrogen-bond donors (Lipinski definition) is 0. The van der Waals surface area contributed by atoms with Gasteiger partial charge in [0.15, 0.2) is 0 Å². The third-order valence-electron chi connectivity index (χ3n) is 3.42. The summed E-state index contributed by atoms with van der Waals surface area (Å²) in [6.07, 6.45) is 4.73. The second-order valence-corrected chi connectivity index (χ2v) is 8.61. The van der Waals surface area contributed by atoms with Gasteiger partial charge in [0, 0.05) is 13.2 Å². The molecule has 128 valence electrons. The second-order valence-electron chi connectivity index (χ2n) is 5.21. The Balaban J connectivity index is 4.43. The van der Waals surface area contributed by atoms with Crippen molar-refractivity contribution in [1.29, 1.82) is 0 Å². The summed E-state index contributed by atoms with van der Waals surface area (Å²) < 4.78 is 23.3. The van der Waals surface area contributed by atoms with E-state index in [0.29, 0.717) is 26.4 Å². The molecule has 0 aromatic carbocycles. The second kappa shape index (κ2) is 15.0. The summed E-state index contributed by atoms with van der Waals surface area (Å²) in [5, 5.41) is 0. The Morgan fingerprint density at radius 3 is 1.38 bits per heavy atom. The third kappa shape index (κ3) is 11.3. The van der Waals surface area contributed by atoms with Gasteiger partial charge in [-0.3, -0.25) is 0 Å². The van der Waals surface area contributed by atoms with Crippen LogP contribution >= 0.6 is 0 Å². The number of unbranched alkanes of at least 4 members (excludes halogenated alkanes) is 2. The van der Waals surface area contributed by atoms with Gasteiger partial charge >= 0.3 is 8.56 Å². The molecule has 4 nitrogen and oxygen atoms in total. The highest BCUT2D eigenvalue weighted by Crippen LogP contribution is 2.24. The molecule has 0 atom stereocenters. The lowest BCUT2D eigenvalue weighted by Gasteiger charge is -2.31. The van der Waals surface area contributed by atoms with Crippen molar-refractivity contribution in [2.24, 2.45) is 0 Å². The lowest BCUT2D eigenvalue weighted by Crippen LogP contribution is -2.43. The van der Waals surface area contributed by atoms with Gasteiger partial charge in [-0.15, -0.1) is 0 Å². The minimum atomic E-state index is -2.10. The molecule has 0 aliphatic carbocycles. The van der Waals surface area contributed by atoms with Crippen molar-refractivity contribution in [1.82, 2.24) is 0 Å². The minimum Gasteiger partial charge on any atom is -0.392 e. The molecule has 0 spiro atoms. The fraction of sp³-hybridized carbons (Fsp3) is 1.00. The van der Waals surface area contributed by atoms with Gasteiger partial charge in [-0.2, -0.15) is 0 Å². The smallest absolute Gasteiger partial charge is 0.338 e. The van der Waals surface area contributed by atoms with E-state index in [4.69, 9.17) is 18.3 Å². The van der Waals surface area contributed by atoms with E-state index < -0.39 is 8.56 Å². The largest absolute Gasteiger partial charge is 0.392 e. The zero-order chi connectivity index (χ0) is 15.8. The molecule has 0 bridgehead atoms. The molecule has 0 amide bonds. The lowest BCUT2D eigenvalue weighted by atomic mass is 10.4. The van der Waals surface area contributed by atoms with E-state index in [1.807, 2.05) is 13.8 Å². The first kappa shape index (κ1) is 21.1. The molecule has 21 heavy (non-hydrogen) atoms. The quantitative estimate of drug-likeness (QED) is 0.316. The first-order valence-corrected chi connectivity index (χ1v) is 10.9. The van der Waals surface area contributed by atoms with Crippen LogP contribution in [0.25, 0.3) is 0 Å². The third-order valence-corrected chi connectivity index (χ3v) is 7.11. The van der Waals surface area contributed by atoms with Gasteiger partial charge in [0.05, 0.1) is 26.4 Å². The van der Waals surface area contributed by atoms with E-state index >= 15 is 0 Å². The van der Waals surface area contributed by atoms with Crippen LogP contribution in [0, 0.1) is 0 Å². The Morgan fingerprint density at radius 1 is 0.619 bits per heavy atom. The van der Waals surface area contributed by atoms with Gasteiger partial charge < -0.3 is 18.3 Å². The molecule has 0 fully saturated rings. The number of ether oxygens (including phenoxy) is 2. The lowest BCUT2D eigenvalue weighted by molar-refractivity contribution is 0.0637. The normalized spacial score (nSPS) is 12.0. The van der Waals surface area contributed by atoms with Gasteiger partial charge in [0.2, 0.25) is 0 Å². The van der Waals surface area contributed by atoms with Crippen molar-refractivity contribution in [3.05, 3.63) is 0 Å².